The lowest BCUT2D eigenvalue weighted by Gasteiger charge is -2.19. The van der Waals surface area contributed by atoms with Gasteiger partial charge in [-0.05, 0) is 29.6 Å². The predicted octanol–water partition coefficient (Wildman–Crippen LogP) is 4.31. The van der Waals surface area contributed by atoms with Crippen LogP contribution in [0.5, 0.6) is 0 Å². The fourth-order valence-corrected chi connectivity index (χ4v) is 2.32. The molecule has 0 aromatic heterocycles. The van der Waals surface area contributed by atoms with Crippen molar-refractivity contribution in [2.45, 2.75) is 34.3 Å². The molecular formula is C19H23NO2. The number of Topliss-reactive ketones (excluding diaryl/α,β-unsaturated/α-hetero) is 1. The van der Waals surface area contributed by atoms with Gasteiger partial charge in [0.15, 0.2) is 5.78 Å². The lowest BCUT2D eigenvalue weighted by Crippen LogP contribution is -2.21. The van der Waals surface area contributed by atoms with Crippen molar-refractivity contribution in [1.29, 1.82) is 0 Å². The largest absolute Gasteiger partial charge is 0.390 e. The summed E-state index contributed by atoms with van der Waals surface area (Å²) < 4.78 is 0. The summed E-state index contributed by atoms with van der Waals surface area (Å²) in [7, 11) is 0. The molecule has 0 heterocycles. The zero-order valence-corrected chi connectivity index (χ0v) is 13.7. The number of allylic oxidation sites excluding steroid dienone is 4. The molecule has 116 valence electrons. The minimum atomic E-state index is 0.131. The second-order valence-electron chi connectivity index (χ2n) is 6.11. The van der Waals surface area contributed by atoms with Gasteiger partial charge in [0, 0.05) is 11.1 Å². The summed E-state index contributed by atoms with van der Waals surface area (Å²) in [6.07, 6.45) is 3.67. The third kappa shape index (κ3) is 3.94. The Hall–Kier alpha value is -2.16. The summed E-state index contributed by atoms with van der Waals surface area (Å²) in [5, 5.41) is 4.19. The quantitative estimate of drug-likeness (QED) is 0.600. The highest BCUT2D eigenvalue weighted by molar-refractivity contribution is 6.22. The normalized spacial score (nSPS) is 15.0. The first kappa shape index (κ1) is 16.2. The summed E-state index contributed by atoms with van der Waals surface area (Å²) in [6.45, 7) is 8.52. The summed E-state index contributed by atoms with van der Waals surface area (Å²) in [4.78, 5) is 17.9. The minimum Gasteiger partial charge on any atom is -0.390 e. The van der Waals surface area contributed by atoms with Crippen molar-refractivity contribution in [1.82, 2.24) is 0 Å². The minimum absolute atomic E-state index is 0.131. The van der Waals surface area contributed by atoms with Crippen molar-refractivity contribution in [3.63, 3.8) is 0 Å². The monoisotopic (exact) mass is 297 g/mol. The molecule has 0 unspecified atom stereocenters. The van der Waals surface area contributed by atoms with Crippen molar-refractivity contribution >= 4 is 11.5 Å². The van der Waals surface area contributed by atoms with Gasteiger partial charge in [-0.25, -0.2) is 0 Å². The topological polar surface area (TPSA) is 38.7 Å². The third-order valence-corrected chi connectivity index (χ3v) is 3.62. The molecule has 0 radical (unpaired) electrons. The van der Waals surface area contributed by atoms with E-state index >= 15 is 0 Å². The Balaban J connectivity index is 2.17. The average Bonchev–Trinajstić information content (AvgIpc) is 2.49. The molecule has 0 saturated heterocycles. The zero-order chi connectivity index (χ0) is 16.1. The molecule has 0 amide bonds. The molecule has 2 rings (SSSR count). The molecule has 0 aliphatic heterocycles. The van der Waals surface area contributed by atoms with E-state index in [1.54, 1.807) is 0 Å². The van der Waals surface area contributed by atoms with Gasteiger partial charge in [0.2, 0.25) is 0 Å². The van der Waals surface area contributed by atoms with E-state index in [9.17, 15) is 4.79 Å². The van der Waals surface area contributed by atoms with Crippen molar-refractivity contribution < 1.29 is 9.63 Å². The lowest BCUT2D eigenvalue weighted by atomic mass is 9.84. The van der Waals surface area contributed by atoms with Crippen LogP contribution in [-0.4, -0.2) is 11.5 Å². The number of nitrogens with zero attached hydrogens (tertiary/aromatic N) is 1. The number of rotatable bonds is 5. The Labute approximate surface area is 132 Å². The molecule has 1 aromatic rings. The summed E-state index contributed by atoms with van der Waals surface area (Å²) in [6, 6.07) is 9.90. The molecule has 3 heteroatoms. The van der Waals surface area contributed by atoms with E-state index < -0.39 is 0 Å². The smallest absolute Gasteiger partial charge is 0.185 e. The lowest BCUT2D eigenvalue weighted by molar-refractivity contribution is -0.113. The van der Waals surface area contributed by atoms with E-state index in [0.29, 0.717) is 12.3 Å². The van der Waals surface area contributed by atoms with Crippen LogP contribution < -0.4 is 0 Å². The van der Waals surface area contributed by atoms with Gasteiger partial charge in [-0.3, -0.25) is 4.79 Å². The molecule has 0 N–H and O–H groups in total. The SMILES string of the molecule is CC(C)C1=CC(=NOCc2ccccc2)C=C(C(C)C)C1=O. The molecule has 0 fully saturated rings. The van der Waals surface area contributed by atoms with Crippen LogP contribution in [-0.2, 0) is 16.2 Å². The molecular weight excluding hydrogens is 274 g/mol. The van der Waals surface area contributed by atoms with Crippen LogP contribution in [0.4, 0.5) is 0 Å². The van der Waals surface area contributed by atoms with Gasteiger partial charge in [-0.2, -0.15) is 0 Å². The zero-order valence-electron chi connectivity index (χ0n) is 13.7. The van der Waals surface area contributed by atoms with Crippen LogP contribution in [0.3, 0.4) is 0 Å². The Bertz CT molecular complexity index is 592. The Morgan fingerprint density at radius 2 is 1.50 bits per heavy atom. The van der Waals surface area contributed by atoms with Gasteiger partial charge in [-0.1, -0.05) is 63.2 Å². The maximum Gasteiger partial charge on any atom is 0.185 e. The van der Waals surface area contributed by atoms with Gasteiger partial charge >= 0.3 is 0 Å². The first-order chi connectivity index (χ1) is 10.5. The maximum absolute atomic E-state index is 12.4. The van der Waals surface area contributed by atoms with Crippen molar-refractivity contribution in [2.24, 2.45) is 17.0 Å². The van der Waals surface area contributed by atoms with Gasteiger partial charge in [-0.15, -0.1) is 0 Å². The molecule has 0 atom stereocenters. The highest BCUT2D eigenvalue weighted by Gasteiger charge is 2.24. The molecule has 0 saturated carbocycles. The molecule has 22 heavy (non-hydrogen) atoms. The number of hydrogen-bond acceptors (Lipinski definition) is 3. The second kappa shape index (κ2) is 7.21. The van der Waals surface area contributed by atoms with E-state index in [4.69, 9.17) is 4.84 Å². The number of hydrogen-bond donors (Lipinski definition) is 0. The van der Waals surface area contributed by atoms with E-state index in [1.165, 1.54) is 0 Å². The van der Waals surface area contributed by atoms with Crippen LogP contribution in [0.2, 0.25) is 0 Å². The van der Waals surface area contributed by atoms with E-state index in [0.717, 1.165) is 16.7 Å². The van der Waals surface area contributed by atoms with Crippen molar-refractivity contribution in [2.75, 3.05) is 0 Å². The molecule has 1 aliphatic rings. The maximum atomic E-state index is 12.4. The van der Waals surface area contributed by atoms with Gasteiger partial charge in [0.05, 0.1) is 0 Å². The molecule has 0 spiro atoms. The standard InChI is InChI=1S/C19H23NO2/c1-13(2)17-10-16(11-18(14(3)4)19(17)21)20-22-12-15-8-6-5-7-9-15/h5-11,13-14H,12H2,1-4H3. The molecule has 0 bridgehead atoms. The number of benzene rings is 1. The van der Waals surface area contributed by atoms with Crippen molar-refractivity contribution in [3.8, 4) is 0 Å². The number of carbonyl (C=O) groups excluding carboxylic acids is 1. The van der Waals surface area contributed by atoms with Crippen LogP contribution in [0.1, 0.15) is 33.3 Å². The average molecular weight is 297 g/mol. The number of carbonyl (C=O) groups is 1. The number of oxime groups is 1. The van der Waals surface area contributed by atoms with E-state index in [-0.39, 0.29) is 17.6 Å². The Morgan fingerprint density at radius 1 is 0.955 bits per heavy atom. The third-order valence-electron chi connectivity index (χ3n) is 3.62. The van der Waals surface area contributed by atoms with Gasteiger partial charge in [0.25, 0.3) is 0 Å². The first-order valence-electron chi connectivity index (χ1n) is 7.70. The predicted molar refractivity (Wildman–Crippen MR) is 89.5 cm³/mol. The first-order valence-corrected chi connectivity index (χ1v) is 7.70. The van der Waals surface area contributed by atoms with Crippen LogP contribution in [0, 0.1) is 11.8 Å². The fourth-order valence-electron chi connectivity index (χ4n) is 2.32. The second-order valence-corrected chi connectivity index (χ2v) is 6.11. The van der Waals surface area contributed by atoms with E-state index in [1.807, 2.05) is 70.2 Å². The van der Waals surface area contributed by atoms with Crippen LogP contribution in [0.25, 0.3) is 0 Å². The van der Waals surface area contributed by atoms with E-state index in [2.05, 4.69) is 5.16 Å². The molecule has 3 nitrogen and oxygen atoms in total. The van der Waals surface area contributed by atoms with Crippen LogP contribution in [0.15, 0.2) is 58.8 Å². The van der Waals surface area contributed by atoms with Crippen molar-refractivity contribution in [3.05, 3.63) is 59.2 Å². The van der Waals surface area contributed by atoms with Gasteiger partial charge < -0.3 is 4.84 Å². The molecule has 1 aliphatic carbocycles. The fraction of sp³-hybridized carbons (Fsp3) is 0.368. The van der Waals surface area contributed by atoms with Crippen LogP contribution >= 0.6 is 0 Å². The Morgan fingerprint density at radius 3 is 2.00 bits per heavy atom. The summed E-state index contributed by atoms with van der Waals surface area (Å²) >= 11 is 0. The highest BCUT2D eigenvalue weighted by atomic mass is 16.6. The highest BCUT2D eigenvalue weighted by Crippen LogP contribution is 2.25. The summed E-state index contributed by atoms with van der Waals surface area (Å²) in [5.74, 6) is 0.482. The summed E-state index contributed by atoms with van der Waals surface area (Å²) in [5.41, 5.74) is 3.38. The molecule has 1 aromatic carbocycles. The van der Waals surface area contributed by atoms with Gasteiger partial charge in [0.1, 0.15) is 12.3 Å². The Kier molecular flexibility index (Phi) is 5.31. The number of ketones is 1.